The van der Waals surface area contributed by atoms with Crippen LogP contribution in [0.4, 0.5) is 5.13 Å². The molecule has 1 aromatic heterocycles. The number of nitrogens with one attached hydrogen (secondary N) is 1. The minimum Gasteiger partial charge on any atom is -0.315 e. The van der Waals surface area contributed by atoms with Gasteiger partial charge in [-0.2, -0.15) is 0 Å². The minimum absolute atomic E-state index is 0.0811. The van der Waals surface area contributed by atoms with Crippen molar-refractivity contribution in [3.05, 3.63) is 23.8 Å². The summed E-state index contributed by atoms with van der Waals surface area (Å²) in [6.07, 6.45) is 1.36. The Morgan fingerprint density at radius 2 is 2.30 bits per heavy atom. The molecule has 0 aliphatic carbocycles. The number of amides is 2. The van der Waals surface area contributed by atoms with E-state index in [-0.39, 0.29) is 16.7 Å². The molecule has 2 aromatic rings. The number of nitrogens with zero attached hydrogens (tertiary/aromatic N) is 2. The fourth-order valence-corrected chi connectivity index (χ4v) is 5.69. The fourth-order valence-electron chi connectivity index (χ4n) is 3.29. The predicted molar refractivity (Wildman–Crippen MR) is 93.7 cm³/mol. The molecule has 1 aromatic carbocycles. The number of hydrogen-bond acceptors (Lipinski definition) is 5. The van der Waals surface area contributed by atoms with Gasteiger partial charge in [0, 0.05) is 12.2 Å². The molecule has 2 fully saturated rings. The van der Waals surface area contributed by atoms with Crippen molar-refractivity contribution in [2.24, 2.45) is 0 Å². The van der Waals surface area contributed by atoms with Gasteiger partial charge in [-0.1, -0.05) is 17.4 Å². The van der Waals surface area contributed by atoms with Gasteiger partial charge in [0.15, 0.2) is 5.13 Å². The van der Waals surface area contributed by atoms with Crippen molar-refractivity contribution in [3.8, 4) is 0 Å². The Balaban J connectivity index is 1.56. The maximum Gasteiger partial charge on any atom is 0.249 e. The molecule has 1 N–H and O–H groups in total. The Morgan fingerprint density at radius 1 is 1.48 bits per heavy atom. The van der Waals surface area contributed by atoms with Crippen LogP contribution in [0, 0.1) is 6.92 Å². The molecular formula is C16H17N3O2S2. The number of carbonyl (C=O) groups is 2. The number of benzene rings is 1. The van der Waals surface area contributed by atoms with Gasteiger partial charge in [0.1, 0.15) is 6.04 Å². The molecule has 23 heavy (non-hydrogen) atoms. The normalized spacial score (nSPS) is 26.8. The molecule has 0 bridgehead atoms. The summed E-state index contributed by atoms with van der Waals surface area (Å²) in [7, 11) is 0. The van der Waals surface area contributed by atoms with Crippen molar-refractivity contribution in [2.45, 2.75) is 37.6 Å². The second kappa shape index (κ2) is 5.21. The number of anilines is 1. The first kappa shape index (κ1) is 15.0. The summed E-state index contributed by atoms with van der Waals surface area (Å²) in [5, 5.41) is 3.50. The molecule has 2 amide bonds. The monoisotopic (exact) mass is 347 g/mol. The smallest absolute Gasteiger partial charge is 0.249 e. The zero-order chi connectivity index (χ0) is 16.2. The van der Waals surface area contributed by atoms with Crippen LogP contribution in [0.3, 0.4) is 0 Å². The first-order valence-corrected chi connectivity index (χ1v) is 9.41. The Morgan fingerprint density at radius 3 is 3.13 bits per heavy atom. The lowest BCUT2D eigenvalue weighted by atomic mass is 10.2. The average Bonchev–Trinajstić information content (AvgIpc) is 3.12. The fraction of sp³-hybridized carbons (Fsp3) is 0.438. The Kier molecular flexibility index (Phi) is 3.39. The molecule has 2 aliphatic heterocycles. The van der Waals surface area contributed by atoms with Gasteiger partial charge >= 0.3 is 0 Å². The molecule has 2 saturated heterocycles. The van der Waals surface area contributed by atoms with Crippen LogP contribution in [0.1, 0.15) is 25.3 Å². The van der Waals surface area contributed by atoms with E-state index in [1.165, 1.54) is 16.9 Å². The van der Waals surface area contributed by atoms with Crippen molar-refractivity contribution in [3.63, 3.8) is 0 Å². The van der Waals surface area contributed by atoms with E-state index in [9.17, 15) is 9.59 Å². The van der Waals surface area contributed by atoms with Gasteiger partial charge in [-0.3, -0.25) is 9.59 Å². The third-order valence-corrected chi connectivity index (χ3v) is 6.96. The number of aromatic nitrogens is 1. The molecule has 120 valence electrons. The van der Waals surface area contributed by atoms with Gasteiger partial charge in [0.05, 0.1) is 15.1 Å². The van der Waals surface area contributed by atoms with Gasteiger partial charge in [-0.25, -0.2) is 4.98 Å². The molecule has 2 aliphatic rings. The number of thioether (sulfide) groups is 1. The van der Waals surface area contributed by atoms with E-state index in [4.69, 9.17) is 0 Å². The number of rotatable bonds is 2. The van der Waals surface area contributed by atoms with E-state index in [0.29, 0.717) is 17.3 Å². The van der Waals surface area contributed by atoms with Crippen molar-refractivity contribution in [2.75, 3.05) is 11.1 Å². The molecule has 2 atom stereocenters. The highest BCUT2D eigenvalue weighted by molar-refractivity contribution is 8.01. The summed E-state index contributed by atoms with van der Waals surface area (Å²) in [6, 6.07) is 5.64. The summed E-state index contributed by atoms with van der Waals surface area (Å²) in [4.78, 5) is 30.8. The minimum atomic E-state index is -0.395. The van der Waals surface area contributed by atoms with Crippen molar-refractivity contribution in [1.82, 2.24) is 9.88 Å². The lowest BCUT2D eigenvalue weighted by Crippen LogP contribution is -2.48. The molecule has 5 nitrogen and oxygen atoms in total. The van der Waals surface area contributed by atoms with E-state index in [1.54, 1.807) is 16.7 Å². The summed E-state index contributed by atoms with van der Waals surface area (Å²) in [5.41, 5.74) is 2.06. The Bertz CT molecular complexity index is 819. The van der Waals surface area contributed by atoms with Crippen LogP contribution in [0.15, 0.2) is 18.2 Å². The topological polar surface area (TPSA) is 62.3 Å². The largest absolute Gasteiger partial charge is 0.315 e. The number of thiazole rings is 1. The quantitative estimate of drug-likeness (QED) is 0.907. The van der Waals surface area contributed by atoms with Crippen LogP contribution in [0.5, 0.6) is 0 Å². The highest BCUT2D eigenvalue weighted by Gasteiger charge is 2.52. The lowest BCUT2D eigenvalue weighted by molar-refractivity contribution is -0.135. The van der Waals surface area contributed by atoms with Gasteiger partial charge in [0.2, 0.25) is 11.8 Å². The lowest BCUT2D eigenvalue weighted by Gasteiger charge is -2.29. The van der Waals surface area contributed by atoms with Gasteiger partial charge in [-0.05, 0) is 38.0 Å². The van der Waals surface area contributed by atoms with E-state index in [2.05, 4.69) is 23.3 Å². The van der Waals surface area contributed by atoms with Gasteiger partial charge in [-0.15, -0.1) is 11.8 Å². The zero-order valence-corrected chi connectivity index (χ0v) is 14.6. The molecule has 0 unspecified atom stereocenters. The molecule has 0 radical (unpaired) electrons. The summed E-state index contributed by atoms with van der Waals surface area (Å²) in [5.74, 6) is 0.600. The standard InChI is InChI=1S/C16H17N3O2S2/c1-9-3-4-10-12(7-9)23-15(17-10)18-14(21)11-8-22-16(2)6-5-13(20)19(11)16/h3-4,7,11H,5-6,8H2,1-2H3,(H,17,18,21)/t11-,16+/m0/s1. The molecule has 4 rings (SSSR count). The van der Waals surface area contributed by atoms with E-state index >= 15 is 0 Å². The second-order valence-corrected chi connectivity index (χ2v) is 8.78. The number of fused-ring (bicyclic) bond motifs is 2. The van der Waals surface area contributed by atoms with Crippen LogP contribution in [0.25, 0.3) is 10.2 Å². The molecule has 0 saturated carbocycles. The van der Waals surface area contributed by atoms with E-state index in [0.717, 1.165) is 16.6 Å². The third kappa shape index (κ3) is 2.42. The van der Waals surface area contributed by atoms with E-state index in [1.807, 2.05) is 19.1 Å². The maximum absolute atomic E-state index is 12.6. The number of hydrogen-bond donors (Lipinski definition) is 1. The molecule has 7 heteroatoms. The highest BCUT2D eigenvalue weighted by Crippen LogP contribution is 2.47. The first-order chi connectivity index (χ1) is 11.0. The van der Waals surface area contributed by atoms with Crippen molar-refractivity contribution < 1.29 is 9.59 Å². The van der Waals surface area contributed by atoms with Gasteiger partial charge in [0.25, 0.3) is 0 Å². The van der Waals surface area contributed by atoms with E-state index < -0.39 is 6.04 Å². The second-order valence-electron chi connectivity index (χ2n) is 6.25. The van der Waals surface area contributed by atoms with Crippen molar-refractivity contribution >= 4 is 50.3 Å². The predicted octanol–water partition coefficient (Wildman–Crippen LogP) is 3.00. The van der Waals surface area contributed by atoms with Crippen molar-refractivity contribution in [1.29, 1.82) is 0 Å². The third-order valence-electron chi connectivity index (χ3n) is 4.52. The molecular weight excluding hydrogens is 330 g/mol. The van der Waals surface area contributed by atoms with Crippen LogP contribution in [-0.4, -0.2) is 38.4 Å². The summed E-state index contributed by atoms with van der Waals surface area (Å²) >= 11 is 3.17. The number of carbonyl (C=O) groups excluding carboxylic acids is 2. The zero-order valence-electron chi connectivity index (χ0n) is 13.0. The molecule has 3 heterocycles. The molecule has 0 spiro atoms. The Labute approximate surface area is 142 Å². The summed E-state index contributed by atoms with van der Waals surface area (Å²) < 4.78 is 1.06. The first-order valence-electron chi connectivity index (χ1n) is 7.60. The van der Waals surface area contributed by atoms with Crippen LogP contribution in [-0.2, 0) is 9.59 Å². The number of aryl methyl sites for hydroxylation is 1. The van der Waals surface area contributed by atoms with Crippen LogP contribution in [0.2, 0.25) is 0 Å². The Hall–Kier alpha value is -1.60. The van der Waals surface area contributed by atoms with Crippen LogP contribution < -0.4 is 5.32 Å². The summed E-state index contributed by atoms with van der Waals surface area (Å²) in [6.45, 7) is 4.09. The maximum atomic E-state index is 12.6. The average molecular weight is 347 g/mol. The highest BCUT2D eigenvalue weighted by atomic mass is 32.2. The van der Waals surface area contributed by atoms with Gasteiger partial charge < -0.3 is 10.2 Å². The van der Waals surface area contributed by atoms with Crippen LogP contribution >= 0.6 is 23.1 Å². The SMILES string of the molecule is Cc1ccc2nc(NC(=O)[C@@H]3CS[C@]4(C)CCC(=O)N34)sc2c1.